The first-order chi connectivity index (χ1) is 16.0. The van der Waals surface area contributed by atoms with Crippen molar-refractivity contribution in [3.05, 3.63) is 77.0 Å². The lowest BCUT2D eigenvalue weighted by molar-refractivity contribution is -0.117. The van der Waals surface area contributed by atoms with Gasteiger partial charge in [0.15, 0.2) is 5.82 Å². The van der Waals surface area contributed by atoms with Crippen molar-refractivity contribution in [2.75, 3.05) is 18.0 Å². The van der Waals surface area contributed by atoms with Crippen LogP contribution in [0.15, 0.2) is 42.9 Å². The standard InChI is InChI=1S/C24H23FN6O2/c1-15-17-13-21(32)31(12-8-16-5-2-3-6-18(16)25)23(17)29-22(28-15)20-7-4-11-30(20)24(33)19-14-26-9-10-27-19/h2-3,5-6,9-10,14,20H,4,7-8,11-13H2,1H3. The number of hydrogen-bond donors (Lipinski definition) is 0. The molecule has 0 saturated carbocycles. The number of benzene rings is 1. The number of nitrogens with zero attached hydrogens (tertiary/aromatic N) is 6. The van der Waals surface area contributed by atoms with E-state index in [2.05, 4.69) is 15.0 Å². The van der Waals surface area contributed by atoms with Crippen LogP contribution in [0.3, 0.4) is 0 Å². The van der Waals surface area contributed by atoms with E-state index in [1.165, 1.54) is 24.7 Å². The largest absolute Gasteiger partial charge is 0.327 e. The Balaban J connectivity index is 1.43. The summed E-state index contributed by atoms with van der Waals surface area (Å²) in [5.74, 6) is 0.520. The second-order valence-electron chi connectivity index (χ2n) is 8.28. The van der Waals surface area contributed by atoms with Crippen molar-refractivity contribution in [3.63, 3.8) is 0 Å². The van der Waals surface area contributed by atoms with E-state index in [0.29, 0.717) is 36.7 Å². The molecule has 0 bridgehead atoms. The van der Waals surface area contributed by atoms with Gasteiger partial charge in [-0.25, -0.2) is 19.3 Å². The molecule has 2 aromatic heterocycles. The molecule has 1 atom stereocenters. The summed E-state index contributed by atoms with van der Waals surface area (Å²) in [6.07, 6.45) is 6.64. The van der Waals surface area contributed by atoms with Crippen LogP contribution in [-0.2, 0) is 17.6 Å². The lowest BCUT2D eigenvalue weighted by atomic mass is 10.1. The Morgan fingerprint density at radius 2 is 2.06 bits per heavy atom. The van der Waals surface area contributed by atoms with E-state index in [0.717, 1.165) is 24.1 Å². The second-order valence-corrected chi connectivity index (χ2v) is 8.28. The number of likely N-dealkylation sites (tertiary alicyclic amines) is 1. The number of hydrogen-bond acceptors (Lipinski definition) is 6. The minimum absolute atomic E-state index is 0.0743. The maximum Gasteiger partial charge on any atom is 0.274 e. The molecular weight excluding hydrogens is 423 g/mol. The average Bonchev–Trinajstić information content (AvgIpc) is 3.43. The van der Waals surface area contributed by atoms with Crippen LogP contribution in [-0.4, -0.2) is 49.7 Å². The Bertz CT molecular complexity index is 1220. The molecule has 3 aromatic rings. The van der Waals surface area contributed by atoms with Crippen LogP contribution in [0.2, 0.25) is 0 Å². The molecule has 2 aliphatic heterocycles. The van der Waals surface area contributed by atoms with Gasteiger partial charge >= 0.3 is 0 Å². The predicted molar refractivity (Wildman–Crippen MR) is 118 cm³/mol. The number of amides is 2. The molecule has 8 nitrogen and oxygen atoms in total. The molecule has 1 saturated heterocycles. The third kappa shape index (κ3) is 3.94. The molecule has 0 spiro atoms. The van der Waals surface area contributed by atoms with Gasteiger partial charge in [0, 0.05) is 36.7 Å². The fourth-order valence-electron chi connectivity index (χ4n) is 4.55. The van der Waals surface area contributed by atoms with Crippen LogP contribution in [0.5, 0.6) is 0 Å². The Hall–Kier alpha value is -3.75. The van der Waals surface area contributed by atoms with E-state index in [9.17, 15) is 14.0 Å². The van der Waals surface area contributed by atoms with Gasteiger partial charge in [-0.15, -0.1) is 0 Å². The highest BCUT2D eigenvalue weighted by Gasteiger charge is 2.37. The number of carbonyl (C=O) groups is 2. The van der Waals surface area contributed by atoms with E-state index >= 15 is 0 Å². The van der Waals surface area contributed by atoms with Crippen LogP contribution >= 0.6 is 0 Å². The van der Waals surface area contributed by atoms with E-state index in [1.54, 1.807) is 28.0 Å². The lowest BCUT2D eigenvalue weighted by Crippen LogP contribution is -2.33. The highest BCUT2D eigenvalue weighted by Crippen LogP contribution is 2.35. The number of aromatic nitrogens is 4. The first-order valence-electron chi connectivity index (χ1n) is 11.0. The van der Waals surface area contributed by atoms with Gasteiger partial charge in [-0.05, 0) is 37.8 Å². The van der Waals surface area contributed by atoms with Crippen LogP contribution in [0, 0.1) is 12.7 Å². The van der Waals surface area contributed by atoms with Crippen molar-refractivity contribution in [2.45, 2.75) is 38.6 Å². The van der Waals surface area contributed by atoms with Gasteiger partial charge in [0.05, 0.1) is 18.7 Å². The summed E-state index contributed by atoms with van der Waals surface area (Å²) in [6.45, 7) is 2.77. The zero-order valence-electron chi connectivity index (χ0n) is 18.2. The summed E-state index contributed by atoms with van der Waals surface area (Å²) >= 11 is 0. The minimum atomic E-state index is -0.298. The van der Waals surface area contributed by atoms with Crippen molar-refractivity contribution < 1.29 is 14.0 Å². The Kier molecular flexibility index (Phi) is 5.53. The zero-order valence-corrected chi connectivity index (χ0v) is 18.2. The molecule has 1 aromatic carbocycles. The molecule has 5 rings (SSSR count). The molecule has 2 amide bonds. The Labute approximate surface area is 190 Å². The first kappa shape index (κ1) is 21.1. The molecular formula is C24H23FN6O2. The smallest absolute Gasteiger partial charge is 0.274 e. The molecule has 2 aliphatic rings. The Morgan fingerprint density at radius 3 is 2.85 bits per heavy atom. The molecule has 9 heteroatoms. The maximum absolute atomic E-state index is 14.1. The summed E-state index contributed by atoms with van der Waals surface area (Å²) in [4.78, 5) is 46.7. The quantitative estimate of drug-likeness (QED) is 0.599. The van der Waals surface area contributed by atoms with Crippen LogP contribution in [0.4, 0.5) is 10.2 Å². The Morgan fingerprint density at radius 1 is 1.21 bits per heavy atom. The monoisotopic (exact) mass is 446 g/mol. The summed E-state index contributed by atoms with van der Waals surface area (Å²) in [5.41, 5.74) is 2.36. The van der Waals surface area contributed by atoms with Crippen molar-refractivity contribution in [1.82, 2.24) is 24.8 Å². The first-order valence-corrected chi connectivity index (χ1v) is 11.0. The SMILES string of the molecule is Cc1nc(C2CCCN2C(=O)c2cnccn2)nc2c1CC(=O)N2CCc1ccccc1F. The van der Waals surface area contributed by atoms with E-state index in [4.69, 9.17) is 4.98 Å². The van der Waals surface area contributed by atoms with Gasteiger partial charge in [0.2, 0.25) is 5.91 Å². The van der Waals surface area contributed by atoms with Crippen molar-refractivity contribution in [1.29, 1.82) is 0 Å². The molecule has 168 valence electrons. The van der Waals surface area contributed by atoms with Crippen molar-refractivity contribution in [2.24, 2.45) is 0 Å². The normalized spacial score (nSPS) is 17.5. The maximum atomic E-state index is 14.1. The fourth-order valence-corrected chi connectivity index (χ4v) is 4.55. The molecule has 0 aliphatic carbocycles. The zero-order chi connectivity index (χ0) is 22.9. The topological polar surface area (TPSA) is 92.2 Å². The molecule has 1 fully saturated rings. The van der Waals surface area contributed by atoms with E-state index in [-0.39, 0.29) is 35.8 Å². The van der Waals surface area contributed by atoms with Gasteiger partial charge in [0.1, 0.15) is 17.3 Å². The number of rotatable bonds is 5. The van der Waals surface area contributed by atoms with Gasteiger partial charge in [-0.3, -0.25) is 19.5 Å². The average molecular weight is 446 g/mol. The van der Waals surface area contributed by atoms with Crippen LogP contribution in [0.1, 0.15) is 52.0 Å². The third-order valence-corrected chi connectivity index (χ3v) is 6.25. The van der Waals surface area contributed by atoms with Gasteiger partial charge < -0.3 is 4.90 Å². The minimum Gasteiger partial charge on any atom is -0.327 e. The number of aryl methyl sites for hydroxylation is 1. The summed E-state index contributed by atoms with van der Waals surface area (Å²) < 4.78 is 14.1. The summed E-state index contributed by atoms with van der Waals surface area (Å²) in [6, 6.07) is 6.27. The molecule has 33 heavy (non-hydrogen) atoms. The fraction of sp³-hybridized carbons (Fsp3) is 0.333. The number of fused-ring (bicyclic) bond motifs is 1. The second kappa shape index (κ2) is 8.65. The van der Waals surface area contributed by atoms with Gasteiger partial charge in [-0.2, -0.15) is 0 Å². The van der Waals surface area contributed by atoms with Crippen LogP contribution in [0.25, 0.3) is 0 Å². The van der Waals surface area contributed by atoms with Crippen LogP contribution < -0.4 is 4.90 Å². The van der Waals surface area contributed by atoms with E-state index < -0.39 is 0 Å². The summed E-state index contributed by atoms with van der Waals surface area (Å²) in [7, 11) is 0. The lowest BCUT2D eigenvalue weighted by Gasteiger charge is -2.24. The third-order valence-electron chi connectivity index (χ3n) is 6.25. The number of halogens is 1. The molecule has 1 unspecified atom stereocenters. The highest BCUT2D eigenvalue weighted by molar-refractivity contribution is 6.00. The summed E-state index contributed by atoms with van der Waals surface area (Å²) in [5, 5.41) is 0. The number of anilines is 1. The van der Waals surface area contributed by atoms with Crippen molar-refractivity contribution >= 4 is 17.6 Å². The van der Waals surface area contributed by atoms with Gasteiger partial charge in [-0.1, -0.05) is 18.2 Å². The number of carbonyl (C=O) groups excluding carboxylic acids is 2. The molecule has 0 N–H and O–H groups in total. The molecule has 0 radical (unpaired) electrons. The highest BCUT2D eigenvalue weighted by atomic mass is 19.1. The van der Waals surface area contributed by atoms with Crippen molar-refractivity contribution in [3.8, 4) is 0 Å². The van der Waals surface area contributed by atoms with Gasteiger partial charge in [0.25, 0.3) is 5.91 Å². The van der Waals surface area contributed by atoms with E-state index in [1.807, 2.05) is 6.92 Å². The predicted octanol–water partition coefficient (Wildman–Crippen LogP) is 2.82. The molecule has 4 heterocycles.